The van der Waals surface area contributed by atoms with Gasteiger partial charge in [0.05, 0.1) is 17.1 Å². The first-order valence-corrected chi connectivity index (χ1v) is 13.1. The van der Waals surface area contributed by atoms with Gasteiger partial charge in [0.25, 0.3) is 0 Å². The second-order valence-corrected chi connectivity index (χ2v) is 10.4. The molecule has 0 saturated heterocycles. The summed E-state index contributed by atoms with van der Waals surface area (Å²) in [4.78, 5) is 37.9. The smallest absolute Gasteiger partial charge is 0.228 e. The summed E-state index contributed by atoms with van der Waals surface area (Å²) in [5, 5.41) is 0.985. The molecule has 35 heavy (non-hydrogen) atoms. The van der Waals surface area contributed by atoms with Gasteiger partial charge < -0.3 is 9.80 Å². The van der Waals surface area contributed by atoms with Crippen molar-refractivity contribution in [1.82, 2.24) is 14.8 Å². The highest BCUT2D eigenvalue weighted by Crippen LogP contribution is 2.25. The maximum Gasteiger partial charge on any atom is 0.228 e. The third-order valence-corrected chi connectivity index (χ3v) is 7.55. The number of benzene rings is 2. The lowest BCUT2D eigenvalue weighted by Gasteiger charge is -2.28. The minimum atomic E-state index is 0.0277. The van der Waals surface area contributed by atoms with Crippen LogP contribution in [0.2, 0.25) is 0 Å². The van der Waals surface area contributed by atoms with Crippen LogP contribution in [0.4, 0.5) is 5.69 Å². The number of aromatic nitrogens is 1. The monoisotopic (exact) mass is 490 g/mol. The molecular formula is C28H34N4O2S. The second-order valence-electron chi connectivity index (χ2n) is 9.15. The molecular weight excluding hydrogens is 456 g/mol. The Labute approximate surface area is 212 Å². The van der Waals surface area contributed by atoms with Crippen LogP contribution in [0.15, 0.2) is 54.6 Å². The van der Waals surface area contributed by atoms with E-state index >= 15 is 0 Å². The normalized spacial score (nSPS) is 15.4. The van der Waals surface area contributed by atoms with E-state index < -0.39 is 0 Å². The van der Waals surface area contributed by atoms with Crippen LogP contribution in [0.25, 0.3) is 0 Å². The number of fused-ring (bicyclic) bond motifs is 1. The molecule has 0 saturated carbocycles. The lowest BCUT2D eigenvalue weighted by Crippen LogP contribution is -2.39. The molecule has 4 rings (SSSR count). The molecule has 3 aromatic rings. The summed E-state index contributed by atoms with van der Waals surface area (Å²) in [6, 6.07) is 18.4. The summed E-state index contributed by atoms with van der Waals surface area (Å²) in [5.74, 6) is 0.125. The zero-order valence-electron chi connectivity index (χ0n) is 20.9. The number of hydrogen-bond donors (Lipinski definition) is 0. The molecule has 0 atom stereocenters. The largest absolute Gasteiger partial charge is 0.337 e. The van der Waals surface area contributed by atoms with Gasteiger partial charge in [-0.25, -0.2) is 4.98 Å². The summed E-state index contributed by atoms with van der Waals surface area (Å²) < 4.78 is 0. The Kier molecular flexibility index (Phi) is 8.31. The molecule has 2 amide bonds. The number of carbonyl (C=O) groups excluding carboxylic acids is 2. The molecule has 1 aliphatic rings. The van der Waals surface area contributed by atoms with Gasteiger partial charge in [0.2, 0.25) is 11.8 Å². The zero-order valence-corrected chi connectivity index (χ0v) is 21.7. The SMILES string of the molecule is CC(=O)N1CCCN(Cc2ccccc2)CCN(C(=O)Cc2sc(C)nc2C)Cc2ccccc21. The Balaban J connectivity index is 1.62. The Hall–Kier alpha value is -3.03. The number of anilines is 1. The predicted molar refractivity (Wildman–Crippen MR) is 142 cm³/mol. The predicted octanol–water partition coefficient (Wildman–Crippen LogP) is 4.59. The number of rotatable bonds is 4. The van der Waals surface area contributed by atoms with E-state index in [1.165, 1.54) is 5.56 Å². The quantitative estimate of drug-likeness (QED) is 0.537. The first kappa shape index (κ1) is 25.1. The third-order valence-electron chi connectivity index (χ3n) is 6.48. The van der Waals surface area contributed by atoms with Crippen molar-refractivity contribution in [2.24, 2.45) is 0 Å². The first-order chi connectivity index (χ1) is 16.9. The minimum Gasteiger partial charge on any atom is -0.337 e. The molecule has 0 fully saturated rings. The number of nitrogens with zero attached hydrogens (tertiary/aromatic N) is 4. The lowest BCUT2D eigenvalue weighted by atomic mass is 10.1. The molecule has 7 heteroatoms. The van der Waals surface area contributed by atoms with Gasteiger partial charge in [-0.2, -0.15) is 0 Å². The average Bonchev–Trinajstić information content (AvgIpc) is 3.14. The fourth-order valence-electron chi connectivity index (χ4n) is 4.67. The molecule has 0 spiro atoms. The zero-order chi connectivity index (χ0) is 24.8. The van der Waals surface area contributed by atoms with Gasteiger partial charge in [-0.15, -0.1) is 11.3 Å². The van der Waals surface area contributed by atoms with Crippen molar-refractivity contribution in [2.45, 2.75) is 46.7 Å². The van der Waals surface area contributed by atoms with Crippen molar-refractivity contribution < 1.29 is 9.59 Å². The summed E-state index contributed by atoms with van der Waals surface area (Å²) in [5.41, 5.74) is 4.10. The highest BCUT2D eigenvalue weighted by Gasteiger charge is 2.23. The van der Waals surface area contributed by atoms with Crippen LogP contribution in [0, 0.1) is 13.8 Å². The van der Waals surface area contributed by atoms with Crippen molar-refractivity contribution in [2.75, 3.05) is 31.1 Å². The number of carbonyl (C=O) groups is 2. The van der Waals surface area contributed by atoms with Crippen LogP contribution in [0.3, 0.4) is 0 Å². The van der Waals surface area contributed by atoms with Gasteiger partial charge in [0, 0.05) is 56.8 Å². The Morgan fingerprint density at radius 1 is 0.943 bits per heavy atom. The number of hydrogen-bond acceptors (Lipinski definition) is 5. The van der Waals surface area contributed by atoms with E-state index in [2.05, 4.69) is 34.1 Å². The first-order valence-electron chi connectivity index (χ1n) is 12.2. The summed E-state index contributed by atoms with van der Waals surface area (Å²) >= 11 is 1.60. The van der Waals surface area contributed by atoms with E-state index in [-0.39, 0.29) is 11.8 Å². The minimum absolute atomic E-state index is 0.0277. The summed E-state index contributed by atoms with van der Waals surface area (Å²) in [6.07, 6.45) is 1.22. The van der Waals surface area contributed by atoms with Crippen LogP contribution in [0.5, 0.6) is 0 Å². The molecule has 1 aromatic heterocycles. The third kappa shape index (κ3) is 6.55. The topological polar surface area (TPSA) is 56.8 Å². The van der Waals surface area contributed by atoms with E-state index in [9.17, 15) is 9.59 Å². The molecule has 0 unspecified atom stereocenters. The van der Waals surface area contributed by atoms with Crippen LogP contribution in [-0.4, -0.2) is 52.8 Å². The summed E-state index contributed by atoms with van der Waals surface area (Å²) in [6.45, 7) is 9.81. The van der Waals surface area contributed by atoms with E-state index in [4.69, 9.17) is 0 Å². The van der Waals surface area contributed by atoms with Crippen LogP contribution in [0.1, 0.15) is 40.1 Å². The lowest BCUT2D eigenvalue weighted by molar-refractivity contribution is -0.131. The van der Waals surface area contributed by atoms with Crippen LogP contribution < -0.4 is 4.90 Å². The Morgan fingerprint density at radius 2 is 1.69 bits per heavy atom. The van der Waals surface area contributed by atoms with Crippen LogP contribution >= 0.6 is 11.3 Å². The maximum absolute atomic E-state index is 13.6. The van der Waals surface area contributed by atoms with Gasteiger partial charge in [0.15, 0.2) is 0 Å². The molecule has 184 valence electrons. The van der Waals surface area contributed by atoms with Gasteiger partial charge in [-0.1, -0.05) is 48.5 Å². The second kappa shape index (κ2) is 11.6. The highest BCUT2D eigenvalue weighted by atomic mass is 32.1. The molecule has 2 aromatic carbocycles. The fourth-order valence-corrected chi connectivity index (χ4v) is 5.59. The fraction of sp³-hybridized carbons (Fsp3) is 0.393. The van der Waals surface area contributed by atoms with E-state index in [1.54, 1.807) is 18.3 Å². The van der Waals surface area contributed by atoms with Crippen molar-refractivity contribution >= 4 is 28.8 Å². The standard InChI is InChI=1S/C28H34N4O2S/c1-21-27(35-22(2)29-21)18-28(34)31-17-16-30(19-24-10-5-4-6-11-24)14-9-15-32(23(3)33)26-13-8-7-12-25(26)20-31/h4-8,10-13H,9,14-20H2,1-3H3. The molecule has 0 bridgehead atoms. The van der Waals surface area contributed by atoms with Gasteiger partial charge in [-0.05, 0) is 37.5 Å². The number of para-hydroxylation sites is 1. The maximum atomic E-state index is 13.6. The summed E-state index contributed by atoms with van der Waals surface area (Å²) in [7, 11) is 0. The van der Waals surface area contributed by atoms with Crippen LogP contribution in [-0.2, 0) is 29.1 Å². The Bertz CT molecular complexity index is 1160. The van der Waals surface area contributed by atoms with Crippen molar-refractivity contribution in [3.05, 3.63) is 81.3 Å². The molecule has 2 heterocycles. The molecule has 1 aliphatic heterocycles. The number of thiazole rings is 1. The van der Waals surface area contributed by atoms with Gasteiger partial charge in [-0.3, -0.25) is 14.5 Å². The molecule has 6 nitrogen and oxygen atoms in total. The van der Waals surface area contributed by atoms with Crippen molar-refractivity contribution in [1.29, 1.82) is 0 Å². The van der Waals surface area contributed by atoms with E-state index in [0.717, 1.165) is 52.9 Å². The van der Waals surface area contributed by atoms with E-state index in [0.29, 0.717) is 26.1 Å². The van der Waals surface area contributed by atoms with E-state index in [1.807, 2.05) is 54.0 Å². The average molecular weight is 491 g/mol. The molecule has 0 aliphatic carbocycles. The van der Waals surface area contributed by atoms with Gasteiger partial charge >= 0.3 is 0 Å². The Morgan fingerprint density at radius 3 is 2.40 bits per heavy atom. The molecule has 0 N–H and O–H groups in total. The molecule has 0 radical (unpaired) electrons. The van der Waals surface area contributed by atoms with Crippen molar-refractivity contribution in [3.8, 4) is 0 Å². The number of aryl methyl sites for hydroxylation is 2. The van der Waals surface area contributed by atoms with Gasteiger partial charge in [0.1, 0.15) is 0 Å². The highest BCUT2D eigenvalue weighted by molar-refractivity contribution is 7.11. The number of amides is 2. The van der Waals surface area contributed by atoms with Crippen molar-refractivity contribution in [3.63, 3.8) is 0 Å².